The molecule has 0 aliphatic carbocycles. The number of carbonyl (C=O) groups excluding carboxylic acids is 2. The van der Waals surface area contributed by atoms with Crippen molar-refractivity contribution >= 4 is 43.0 Å². The van der Waals surface area contributed by atoms with E-state index in [1.54, 1.807) is 0 Å². The van der Waals surface area contributed by atoms with E-state index in [1.807, 2.05) is 0 Å². The Bertz CT molecular complexity index is 619. The van der Waals surface area contributed by atoms with E-state index >= 15 is 0 Å². The van der Waals surface area contributed by atoms with Gasteiger partial charge in [-0.1, -0.05) is 60.7 Å². The number of hydrogen-bond acceptors (Lipinski definition) is 4. The quantitative estimate of drug-likeness (QED) is 0.258. The summed E-state index contributed by atoms with van der Waals surface area (Å²) in [6.07, 6.45) is 0. The third kappa shape index (κ3) is 9.02. The molecule has 0 saturated heterocycles. The van der Waals surface area contributed by atoms with Crippen molar-refractivity contribution < 1.29 is 36.7 Å². The van der Waals surface area contributed by atoms with E-state index in [9.17, 15) is 9.59 Å². The second-order valence-electron chi connectivity index (χ2n) is 5.17. The van der Waals surface area contributed by atoms with Crippen molar-refractivity contribution in [3.8, 4) is 0 Å². The standard InChI is InChI=1S/C13H13P.C6H11NO3S.Au/c1-14(12-8-4-2-5-9-12)13-10-6-3-7-11-13;1-4(8)7-5(3-11)6(9)10-2;/h2-11H,1H3;5,11H,3H2,1-2H3,(H,7,8);/q;;+1/p-1. The molecule has 0 aliphatic heterocycles. The molecule has 144 valence electrons. The molecule has 1 amide bonds. The van der Waals surface area contributed by atoms with Crippen molar-refractivity contribution in [3.05, 3.63) is 60.7 Å². The van der Waals surface area contributed by atoms with Gasteiger partial charge in [0.25, 0.3) is 0 Å². The zero-order valence-corrected chi connectivity index (χ0v) is 18.8. The molecule has 2 aromatic carbocycles. The minimum Gasteiger partial charge on any atom is -0.790 e. The summed E-state index contributed by atoms with van der Waals surface area (Å²) in [5.41, 5.74) is 0. The number of methoxy groups -OCH3 is 1. The van der Waals surface area contributed by atoms with E-state index in [0.29, 0.717) is 0 Å². The molecule has 1 unspecified atom stereocenters. The van der Waals surface area contributed by atoms with Crippen LogP contribution in [0.25, 0.3) is 0 Å². The summed E-state index contributed by atoms with van der Waals surface area (Å²) >= 11 is 4.62. The zero-order valence-electron chi connectivity index (χ0n) is 14.9. The fraction of sp³-hybridized carbons (Fsp3) is 0.263. The predicted octanol–water partition coefficient (Wildman–Crippen LogP) is 1.96. The average molecular weight is 573 g/mol. The Morgan fingerprint density at radius 1 is 1.04 bits per heavy atom. The Kier molecular flexibility index (Phi) is 13.4. The van der Waals surface area contributed by atoms with Gasteiger partial charge in [0.15, 0.2) is 0 Å². The van der Waals surface area contributed by atoms with Gasteiger partial charge < -0.3 is 22.7 Å². The van der Waals surface area contributed by atoms with Crippen LogP contribution in [-0.4, -0.2) is 37.4 Å². The average Bonchev–Trinajstić information content (AvgIpc) is 2.66. The van der Waals surface area contributed by atoms with Gasteiger partial charge in [0.2, 0.25) is 5.91 Å². The van der Waals surface area contributed by atoms with Crippen LogP contribution in [0.2, 0.25) is 0 Å². The minimum absolute atomic E-state index is 0. The van der Waals surface area contributed by atoms with Crippen molar-refractivity contribution in [1.82, 2.24) is 5.32 Å². The Labute approximate surface area is 177 Å². The first-order valence-corrected chi connectivity index (χ1v) is 10.1. The summed E-state index contributed by atoms with van der Waals surface area (Å²) in [4.78, 5) is 21.2. The Morgan fingerprint density at radius 3 is 1.77 bits per heavy atom. The van der Waals surface area contributed by atoms with Crippen molar-refractivity contribution in [1.29, 1.82) is 0 Å². The van der Waals surface area contributed by atoms with Gasteiger partial charge in [-0.2, -0.15) is 0 Å². The third-order valence-corrected chi connectivity index (χ3v) is 5.80. The van der Waals surface area contributed by atoms with Gasteiger partial charge in [0.1, 0.15) is 6.04 Å². The number of esters is 1. The van der Waals surface area contributed by atoms with Gasteiger partial charge >= 0.3 is 28.3 Å². The predicted molar refractivity (Wildman–Crippen MR) is 107 cm³/mol. The van der Waals surface area contributed by atoms with E-state index in [0.717, 1.165) is 0 Å². The molecule has 0 fully saturated rings. The normalized spacial score (nSPS) is 10.7. The number of nitrogens with one attached hydrogen (secondary N) is 1. The Morgan fingerprint density at radius 2 is 1.46 bits per heavy atom. The van der Waals surface area contributed by atoms with Crippen molar-refractivity contribution in [2.75, 3.05) is 19.5 Å². The van der Waals surface area contributed by atoms with Crippen molar-refractivity contribution in [3.63, 3.8) is 0 Å². The smallest absolute Gasteiger partial charge is 0.790 e. The van der Waals surface area contributed by atoms with Crippen LogP contribution in [0.1, 0.15) is 6.92 Å². The molecular weight excluding hydrogens is 550 g/mol. The first-order valence-electron chi connectivity index (χ1n) is 7.76. The summed E-state index contributed by atoms with van der Waals surface area (Å²) in [6.45, 7) is 3.63. The van der Waals surface area contributed by atoms with E-state index in [2.05, 4.69) is 90.0 Å². The molecule has 4 nitrogen and oxygen atoms in total. The SMILES string of the molecule is COC(=O)C(C[S-])NC(C)=O.CP(c1ccccc1)c1ccccc1.[Au+]. The molecule has 2 aromatic rings. The van der Waals surface area contributed by atoms with Gasteiger partial charge in [-0.3, -0.25) is 4.79 Å². The fourth-order valence-corrected chi connectivity index (χ4v) is 3.76. The van der Waals surface area contributed by atoms with Crippen LogP contribution in [0.15, 0.2) is 60.7 Å². The monoisotopic (exact) mass is 573 g/mol. The number of carbonyl (C=O) groups is 2. The second kappa shape index (κ2) is 14.0. The van der Waals surface area contributed by atoms with Crippen LogP contribution in [0, 0.1) is 0 Å². The maximum absolute atomic E-state index is 10.8. The van der Waals surface area contributed by atoms with Gasteiger partial charge in [0, 0.05) is 6.92 Å². The van der Waals surface area contributed by atoms with Gasteiger partial charge in [-0.25, -0.2) is 4.79 Å². The van der Waals surface area contributed by atoms with E-state index in [4.69, 9.17) is 0 Å². The molecule has 0 aromatic heterocycles. The number of ether oxygens (including phenoxy) is 1. The van der Waals surface area contributed by atoms with E-state index in [-0.39, 0.29) is 42.0 Å². The Balaban J connectivity index is 0.000000479. The van der Waals surface area contributed by atoms with Crippen LogP contribution in [-0.2, 0) is 49.3 Å². The second-order valence-corrected chi connectivity index (χ2v) is 7.66. The van der Waals surface area contributed by atoms with Crippen LogP contribution in [0.5, 0.6) is 0 Å². The maximum Gasteiger partial charge on any atom is 1.00 e. The molecule has 7 heteroatoms. The fourth-order valence-electron chi connectivity index (χ4n) is 2.01. The van der Waals surface area contributed by atoms with Crippen LogP contribution < -0.4 is 15.9 Å². The van der Waals surface area contributed by atoms with Crippen LogP contribution in [0.3, 0.4) is 0 Å². The van der Waals surface area contributed by atoms with Gasteiger partial charge in [-0.15, -0.1) is 5.75 Å². The summed E-state index contributed by atoms with van der Waals surface area (Å²) in [7, 11) is 1.08. The largest absolute Gasteiger partial charge is 1.00 e. The zero-order chi connectivity index (χ0) is 18.7. The molecule has 0 radical (unpaired) electrons. The number of rotatable bonds is 5. The molecule has 0 saturated carbocycles. The molecule has 1 atom stereocenters. The number of amides is 1. The van der Waals surface area contributed by atoms with E-state index in [1.165, 1.54) is 24.6 Å². The number of benzene rings is 2. The van der Waals surface area contributed by atoms with Gasteiger partial charge in [-0.05, 0) is 25.2 Å². The minimum atomic E-state index is -0.688. The molecule has 1 N–H and O–H groups in total. The molecule has 2 rings (SSSR count). The maximum atomic E-state index is 10.8. The van der Waals surface area contributed by atoms with Crippen LogP contribution in [0.4, 0.5) is 0 Å². The molecule has 26 heavy (non-hydrogen) atoms. The Hall–Kier alpha value is -1.10. The summed E-state index contributed by atoms with van der Waals surface area (Å²) in [5, 5.41) is 5.24. The molecule has 0 spiro atoms. The summed E-state index contributed by atoms with van der Waals surface area (Å²) in [6, 6.07) is 20.7. The number of hydrogen-bond donors (Lipinski definition) is 1. The van der Waals surface area contributed by atoms with Crippen molar-refractivity contribution in [2.45, 2.75) is 13.0 Å². The first-order chi connectivity index (χ1) is 12.0. The first kappa shape index (κ1) is 24.9. The van der Waals surface area contributed by atoms with E-state index < -0.39 is 12.0 Å². The molecule has 0 heterocycles. The topological polar surface area (TPSA) is 55.4 Å². The summed E-state index contributed by atoms with van der Waals surface area (Å²) < 4.78 is 4.38. The molecular formula is C19H23AuNO3PS. The van der Waals surface area contributed by atoms with Crippen LogP contribution >= 0.6 is 7.92 Å². The third-order valence-electron chi connectivity index (χ3n) is 3.32. The molecule has 0 aliphatic rings. The van der Waals surface area contributed by atoms with Crippen molar-refractivity contribution in [2.24, 2.45) is 0 Å². The summed E-state index contributed by atoms with van der Waals surface area (Å²) in [5.74, 6) is -0.660. The van der Waals surface area contributed by atoms with Gasteiger partial charge in [0.05, 0.1) is 7.11 Å². The molecule has 0 bridgehead atoms.